The van der Waals surface area contributed by atoms with E-state index in [9.17, 15) is 19.1 Å². The summed E-state index contributed by atoms with van der Waals surface area (Å²) in [4.78, 5) is 28.7. The summed E-state index contributed by atoms with van der Waals surface area (Å²) in [6.45, 7) is 0.0146. The average Bonchev–Trinajstić information content (AvgIpc) is 2.86. The number of amides is 3. The molecule has 2 N–H and O–H groups in total. The molecular formula is C28H24FN3O3. The molecule has 2 fully saturated rings. The van der Waals surface area contributed by atoms with E-state index >= 15 is 0 Å². The lowest BCUT2D eigenvalue weighted by molar-refractivity contribution is -0.159. The number of rotatable bonds is 3. The molecule has 0 radical (unpaired) electrons. The lowest BCUT2D eigenvalue weighted by Crippen LogP contribution is -2.73. The van der Waals surface area contributed by atoms with Crippen molar-refractivity contribution in [2.45, 2.75) is 18.0 Å². The van der Waals surface area contributed by atoms with Gasteiger partial charge in [0.2, 0.25) is 5.91 Å². The first-order valence-corrected chi connectivity index (χ1v) is 11.4. The van der Waals surface area contributed by atoms with Crippen molar-refractivity contribution in [1.29, 1.82) is 0 Å². The minimum absolute atomic E-state index is 0.0676. The zero-order valence-corrected chi connectivity index (χ0v) is 18.9. The summed E-state index contributed by atoms with van der Waals surface area (Å²) in [5.74, 6) is 5.38. The van der Waals surface area contributed by atoms with Crippen molar-refractivity contribution < 1.29 is 19.1 Å². The number of aliphatic hydroxyl groups excluding tert-OH is 1. The molecule has 176 valence electrons. The topological polar surface area (TPSA) is 72.9 Å². The maximum atomic E-state index is 14.0. The minimum atomic E-state index is -0.539. The number of nitrogens with one attached hydrogen (secondary N) is 1. The number of nitrogens with zero attached hydrogens (tertiary/aromatic N) is 2. The molecule has 5 rings (SSSR count). The van der Waals surface area contributed by atoms with Crippen LogP contribution >= 0.6 is 0 Å². The monoisotopic (exact) mass is 469 g/mol. The van der Waals surface area contributed by atoms with Crippen LogP contribution in [0.4, 0.5) is 14.9 Å². The molecule has 0 spiro atoms. The molecule has 2 saturated heterocycles. The van der Waals surface area contributed by atoms with Crippen LogP contribution in [0.3, 0.4) is 0 Å². The normalized spacial score (nSPS) is 20.9. The van der Waals surface area contributed by atoms with Gasteiger partial charge in [0.1, 0.15) is 12.4 Å². The van der Waals surface area contributed by atoms with Crippen molar-refractivity contribution in [3.05, 3.63) is 101 Å². The van der Waals surface area contributed by atoms with E-state index in [2.05, 4.69) is 17.2 Å². The number of piperazine rings is 1. The first-order valence-electron chi connectivity index (χ1n) is 11.4. The fraction of sp³-hybridized carbons (Fsp3) is 0.214. The first-order chi connectivity index (χ1) is 17.0. The number of para-hydroxylation sites is 1. The summed E-state index contributed by atoms with van der Waals surface area (Å²) < 4.78 is 14.0. The van der Waals surface area contributed by atoms with Crippen LogP contribution in [0.15, 0.2) is 78.9 Å². The van der Waals surface area contributed by atoms with Crippen LogP contribution in [0.5, 0.6) is 0 Å². The molecule has 0 aromatic heterocycles. The SMILES string of the molecule is O=C(Nc1ccccc1F)N1CC(=O)N2[C@H](C1)[C@H](c1ccc(C#Cc3ccccc3)cc1)[C@@H]2CO. The number of carbonyl (C=O) groups is 2. The van der Waals surface area contributed by atoms with Crippen LogP contribution < -0.4 is 5.32 Å². The summed E-state index contributed by atoms with van der Waals surface area (Å²) in [6, 6.07) is 22.3. The Balaban J connectivity index is 1.32. The van der Waals surface area contributed by atoms with E-state index in [1.54, 1.807) is 17.0 Å². The second kappa shape index (κ2) is 9.61. The molecule has 3 aromatic carbocycles. The van der Waals surface area contributed by atoms with Crippen LogP contribution in [0, 0.1) is 17.7 Å². The van der Waals surface area contributed by atoms with Crippen molar-refractivity contribution >= 4 is 17.6 Å². The number of urea groups is 1. The fourth-order valence-electron chi connectivity index (χ4n) is 4.87. The Bertz CT molecular complexity index is 1300. The van der Waals surface area contributed by atoms with Crippen LogP contribution in [-0.4, -0.2) is 58.6 Å². The van der Waals surface area contributed by atoms with E-state index in [0.29, 0.717) is 6.54 Å². The number of halogens is 1. The van der Waals surface area contributed by atoms with Gasteiger partial charge < -0.3 is 20.2 Å². The molecule has 3 atom stereocenters. The lowest BCUT2D eigenvalue weighted by atomic mass is 9.73. The van der Waals surface area contributed by atoms with Crippen molar-refractivity contribution in [1.82, 2.24) is 9.80 Å². The number of benzene rings is 3. The van der Waals surface area contributed by atoms with Gasteiger partial charge in [-0.25, -0.2) is 9.18 Å². The second-order valence-corrected chi connectivity index (χ2v) is 8.67. The van der Waals surface area contributed by atoms with Crippen LogP contribution in [0.2, 0.25) is 0 Å². The van der Waals surface area contributed by atoms with E-state index in [1.807, 2.05) is 54.6 Å². The Hall–Kier alpha value is -4.15. The number of fused-ring (bicyclic) bond motifs is 1. The number of carbonyl (C=O) groups excluding carboxylic acids is 2. The summed E-state index contributed by atoms with van der Waals surface area (Å²) in [5, 5.41) is 12.5. The van der Waals surface area contributed by atoms with E-state index < -0.39 is 11.8 Å². The van der Waals surface area contributed by atoms with E-state index in [4.69, 9.17) is 0 Å². The molecule has 0 unspecified atom stereocenters. The standard InChI is InChI=1S/C28H24FN3O3/c29-22-8-4-5-9-23(22)30-28(35)31-16-24-27(25(18-33)32(24)26(34)17-31)21-14-12-20(13-15-21)11-10-19-6-2-1-3-7-19/h1-9,12-15,24-25,27,33H,16-18H2,(H,30,35)/t24-,25+,27+/m1/s1. The third-order valence-corrected chi connectivity index (χ3v) is 6.58. The zero-order chi connectivity index (χ0) is 24.4. The van der Waals surface area contributed by atoms with Crippen molar-refractivity contribution in [3.63, 3.8) is 0 Å². The molecule has 35 heavy (non-hydrogen) atoms. The van der Waals surface area contributed by atoms with Gasteiger partial charge in [-0.15, -0.1) is 0 Å². The average molecular weight is 470 g/mol. The molecule has 0 bridgehead atoms. The highest BCUT2D eigenvalue weighted by Gasteiger charge is 2.54. The smallest absolute Gasteiger partial charge is 0.322 e. The number of anilines is 1. The van der Waals surface area contributed by atoms with Crippen LogP contribution in [0.1, 0.15) is 22.6 Å². The van der Waals surface area contributed by atoms with Gasteiger partial charge >= 0.3 is 6.03 Å². The third kappa shape index (κ3) is 4.48. The van der Waals surface area contributed by atoms with Gasteiger partial charge in [-0.05, 0) is 42.0 Å². The predicted molar refractivity (Wildman–Crippen MR) is 130 cm³/mol. The van der Waals surface area contributed by atoms with Gasteiger partial charge in [-0.1, -0.05) is 54.3 Å². The lowest BCUT2D eigenvalue weighted by Gasteiger charge is -2.58. The maximum Gasteiger partial charge on any atom is 0.322 e. The highest BCUT2D eigenvalue weighted by molar-refractivity contribution is 5.94. The molecule has 0 saturated carbocycles. The van der Waals surface area contributed by atoms with Crippen molar-refractivity contribution in [3.8, 4) is 11.8 Å². The van der Waals surface area contributed by atoms with Gasteiger partial charge in [0.25, 0.3) is 0 Å². The Morgan fingerprint density at radius 2 is 1.63 bits per heavy atom. The minimum Gasteiger partial charge on any atom is -0.394 e. The Morgan fingerprint density at radius 1 is 0.971 bits per heavy atom. The highest BCUT2D eigenvalue weighted by Crippen LogP contribution is 2.43. The molecule has 7 heteroatoms. The first kappa shape index (κ1) is 22.6. The second-order valence-electron chi connectivity index (χ2n) is 8.67. The number of hydrogen-bond acceptors (Lipinski definition) is 3. The molecule has 2 heterocycles. The molecule has 2 aliphatic heterocycles. The molecule has 0 aliphatic carbocycles. The van der Waals surface area contributed by atoms with Crippen molar-refractivity contribution in [2.24, 2.45) is 0 Å². The molecule has 3 aromatic rings. The molecule has 2 aliphatic rings. The van der Waals surface area contributed by atoms with E-state index in [1.165, 1.54) is 17.0 Å². The van der Waals surface area contributed by atoms with Gasteiger partial charge in [-0.2, -0.15) is 0 Å². The summed E-state index contributed by atoms with van der Waals surface area (Å²) >= 11 is 0. The number of hydrogen-bond donors (Lipinski definition) is 2. The number of aliphatic hydroxyl groups is 1. The van der Waals surface area contributed by atoms with Crippen LogP contribution in [-0.2, 0) is 4.79 Å². The fourth-order valence-corrected chi connectivity index (χ4v) is 4.87. The maximum absolute atomic E-state index is 14.0. The quantitative estimate of drug-likeness (QED) is 0.578. The Morgan fingerprint density at radius 3 is 2.31 bits per heavy atom. The summed E-state index contributed by atoms with van der Waals surface area (Å²) in [7, 11) is 0. The molecule has 6 nitrogen and oxygen atoms in total. The van der Waals surface area contributed by atoms with E-state index in [-0.39, 0.29) is 42.7 Å². The summed E-state index contributed by atoms with van der Waals surface area (Å²) in [5.41, 5.74) is 2.83. The molecular weight excluding hydrogens is 445 g/mol. The van der Waals surface area contributed by atoms with Gasteiger partial charge in [0.15, 0.2) is 0 Å². The predicted octanol–water partition coefficient (Wildman–Crippen LogP) is 3.43. The highest BCUT2D eigenvalue weighted by atomic mass is 19.1. The third-order valence-electron chi connectivity index (χ3n) is 6.58. The largest absolute Gasteiger partial charge is 0.394 e. The van der Waals surface area contributed by atoms with Crippen molar-refractivity contribution in [2.75, 3.05) is 25.0 Å². The Labute approximate surface area is 203 Å². The Kier molecular flexibility index (Phi) is 6.21. The zero-order valence-electron chi connectivity index (χ0n) is 18.9. The molecule has 3 amide bonds. The van der Waals surface area contributed by atoms with Crippen LogP contribution in [0.25, 0.3) is 0 Å². The van der Waals surface area contributed by atoms with Gasteiger partial charge in [-0.3, -0.25) is 4.79 Å². The van der Waals surface area contributed by atoms with Gasteiger partial charge in [0.05, 0.1) is 24.4 Å². The summed E-state index contributed by atoms with van der Waals surface area (Å²) in [6.07, 6.45) is 0. The van der Waals surface area contributed by atoms with Gasteiger partial charge in [0, 0.05) is 23.6 Å². The van der Waals surface area contributed by atoms with E-state index in [0.717, 1.165) is 16.7 Å².